The maximum absolute atomic E-state index is 12.5. The number of nitrogens with zero attached hydrogens (tertiary/aromatic N) is 9. The van der Waals surface area contributed by atoms with Crippen molar-refractivity contribution in [3.05, 3.63) is 42.5 Å². The first-order valence-electron chi connectivity index (χ1n) is 17.2. The molecule has 1 aliphatic rings. The molecule has 0 aliphatic carbocycles. The second-order valence-electron chi connectivity index (χ2n) is 12.3. The van der Waals surface area contributed by atoms with Gasteiger partial charge in [0.25, 0.3) is 11.9 Å². The molecule has 0 bridgehead atoms. The van der Waals surface area contributed by atoms with Gasteiger partial charge in [0.15, 0.2) is 11.2 Å². The lowest BCUT2D eigenvalue weighted by Crippen LogP contribution is -2.47. The number of unbranched alkanes of at least 4 members (excludes halogenated alkanes) is 2. The number of piperazine rings is 1. The number of aromatic nitrogens is 7. The second-order valence-corrected chi connectivity index (χ2v) is 12.3. The summed E-state index contributed by atoms with van der Waals surface area (Å²) in [6, 6.07) is 5.63. The standard InChI is InChI=1S/C34H44N12O4/c1-2-11-44-13-15-45(16-14-44)34-38-20-24(21-39-34)32(48)37-10-18-49-17-9-25(47)6-4-3-5-12-46-31-28(30(35)40-22-41-31)29(43-46)23-7-8-27-26(19-23)42-33(36)50-27/h7-8,19-22H,2-6,9-18H2,1H3,(H2,36,42)(H,37,48)(H2,35,40,41). The van der Waals surface area contributed by atoms with Crippen molar-refractivity contribution in [2.24, 2.45) is 0 Å². The van der Waals surface area contributed by atoms with E-state index in [9.17, 15) is 9.59 Å². The van der Waals surface area contributed by atoms with Crippen LogP contribution in [0.3, 0.4) is 0 Å². The van der Waals surface area contributed by atoms with Gasteiger partial charge in [-0.2, -0.15) is 10.1 Å². The van der Waals surface area contributed by atoms with E-state index in [-0.39, 0.29) is 17.7 Å². The number of nitrogens with one attached hydrogen (secondary N) is 1. The average Bonchev–Trinajstić information content (AvgIpc) is 3.70. The highest BCUT2D eigenvalue weighted by molar-refractivity contribution is 5.99. The minimum absolute atomic E-state index is 0.0998. The van der Waals surface area contributed by atoms with E-state index in [2.05, 4.69) is 47.0 Å². The predicted octanol–water partition coefficient (Wildman–Crippen LogP) is 3.09. The fourth-order valence-corrected chi connectivity index (χ4v) is 6.08. The van der Waals surface area contributed by atoms with Crippen LogP contribution >= 0.6 is 0 Å². The smallest absolute Gasteiger partial charge is 0.292 e. The maximum Gasteiger partial charge on any atom is 0.292 e. The van der Waals surface area contributed by atoms with E-state index in [0.29, 0.717) is 84.3 Å². The summed E-state index contributed by atoms with van der Waals surface area (Å²) >= 11 is 0. The molecule has 0 radical (unpaired) electrons. The summed E-state index contributed by atoms with van der Waals surface area (Å²) < 4.78 is 12.8. The number of carbonyl (C=O) groups excluding carboxylic acids is 2. The van der Waals surface area contributed by atoms with Crippen LogP contribution in [0.25, 0.3) is 33.4 Å². The van der Waals surface area contributed by atoms with Crippen LogP contribution in [-0.4, -0.2) is 104 Å². The van der Waals surface area contributed by atoms with Gasteiger partial charge >= 0.3 is 0 Å². The van der Waals surface area contributed by atoms with Crippen LogP contribution in [0.5, 0.6) is 0 Å². The highest BCUT2D eigenvalue weighted by atomic mass is 16.5. The Morgan fingerprint density at radius 2 is 1.78 bits per heavy atom. The molecule has 5 aromatic rings. The number of aryl methyl sites for hydroxylation is 1. The number of fused-ring (bicyclic) bond motifs is 2. The molecule has 0 unspecified atom stereocenters. The summed E-state index contributed by atoms with van der Waals surface area (Å²) in [6.07, 6.45) is 8.94. The largest absolute Gasteiger partial charge is 0.424 e. The molecule has 16 nitrogen and oxygen atoms in total. The first-order valence-corrected chi connectivity index (χ1v) is 17.2. The molecule has 1 aliphatic heterocycles. The van der Waals surface area contributed by atoms with E-state index in [1.807, 2.05) is 16.8 Å². The van der Waals surface area contributed by atoms with Gasteiger partial charge in [-0.1, -0.05) is 13.3 Å². The lowest BCUT2D eigenvalue weighted by atomic mass is 10.1. The Morgan fingerprint density at radius 3 is 2.58 bits per heavy atom. The summed E-state index contributed by atoms with van der Waals surface area (Å²) in [6.45, 7) is 8.61. The predicted molar refractivity (Wildman–Crippen MR) is 189 cm³/mol. The molecule has 4 aromatic heterocycles. The highest BCUT2D eigenvalue weighted by Gasteiger charge is 2.20. The third-order valence-corrected chi connectivity index (χ3v) is 8.71. The Kier molecular flexibility index (Phi) is 11.4. The summed E-state index contributed by atoms with van der Waals surface area (Å²) in [7, 11) is 0. The Bertz CT molecular complexity index is 1900. The number of hydrogen-bond acceptors (Lipinski definition) is 14. The highest BCUT2D eigenvalue weighted by Crippen LogP contribution is 2.32. The number of benzene rings is 1. The molecule has 5 N–H and O–H groups in total. The molecule has 1 saturated heterocycles. The van der Waals surface area contributed by atoms with Gasteiger partial charge in [0.05, 0.1) is 24.2 Å². The average molecular weight is 685 g/mol. The maximum atomic E-state index is 12.5. The fourth-order valence-electron chi connectivity index (χ4n) is 6.08. The molecule has 264 valence electrons. The van der Waals surface area contributed by atoms with Crippen LogP contribution in [0.1, 0.15) is 55.8 Å². The van der Waals surface area contributed by atoms with Crippen LogP contribution in [0, 0.1) is 0 Å². The van der Waals surface area contributed by atoms with Crippen molar-refractivity contribution in [3.63, 3.8) is 0 Å². The van der Waals surface area contributed by atoms with Crippen molar-refractivity contribution in [1.29, 1.82) is 0 Å². The lowest BCUT2D eigenvalue weighted by molar-refractivity contribution is -0.120. The van der Waals surface area contributed by atoms with Crippen molar-refractivity contribution in [3.8, 4) is 11.3 Å². The number of Topliss-reactive ketones (excluding diaryl/α,β-unsaturated/α-hetero) is 1. The van der Waals surface area contributed by atoms with Gasteiger partial charge in [-0.05, 0) is 44.0 Å². The summed E-state index contributed by atoms with van der Waals surface area (Å²) in [4.78, 5) is 51.1. The number of ether oxygens (including phenoxy) is 1. The zero-order valence-electron chi connectivity index (χ0n) is 28.4. The Labute approximate surface area is 289 Å². The van der Waals surface area contributed by atoms with Crippen LogP contribution in [-0.2, 0) is 16.1 Å². The SMILES string of the molecule is CCCN1CCN(c2ncc(C(=O)NCCOCCC(=O)CCCCCn3nc(-c4ccc5oc(N)nc5c4)c4c(N)ncnc43)cn2)CC1. The molecule has 6 rings (SSSR count). The third kappa shape index (κ3) is 8.49. The number of anilines is 3. The van der Waals surface area contributed by atoms with Gasteiger partial charge in [-0.3, -0.25) is 14.5 Å². The minimum atomic E-state index is -0.252. The molecule has 1 fully saturated rings. The topological polar surface area (TPSA) is 209 Å². The molecule has 16 heteroatoms. The van der Waals surface area contributed by atoms with Crippen LogP contribution in [0.4, 0.5) is 17.8 Å². The van der Waals surface area contributed by atoms with Crippen molar-refractivity contribution < 1.29 is 18.7 Å². The number of amides is 1. The van der Waals surface area contributed by atoms with E-state index in [1.165, 1.54) is 6.33 Å². The second kappa shape index (κ2) is 16.5. The number of nitrogens with two attached hydrogens (primary N) is 2. The zero-order valence-corrected chi connectivity index (χ0v) is 28.4. The van der Waals surface area contributed by atoms with Gasteiger partial charge in [0, 0.05) is 70.1 Å². The van der Waals surface area contributed by atoms with Gasteiger partial charge < -0.3 is 30.8 Å². The fraction of sp³-hybridized carbons (Fsp3) is 0.471. The van der Waals surface area contributed by atoms with E-state index in [0.717, 1.165) is 64.0 Å². The van der Waals surface area contributed by atoms with E-state index < -0.39 is 0 Å². The van der Waals surface area contributed by atoms with Crippen molar-refractivity contribution in [2.45, 2.75) is 52.0 Å². The molecular formula is C34H44N12O4. The van der Waals surface area contributed by atoms with Gasteiger partial charge in [-0.15, -0.1) is 0 Å². The molecule has 1 amide bonds. The van der Waals surface area contributed by atoms with Crippen molar-refractivity contribution >= 4 is 51.6 Å². The van der Waals surface area contributed by atoms with E-state index in [4.69, 9.17) is 25.7 Å². The number of nitrogen functional groups attached to an aromatic ring is 2. The minimum Gasteiger partial charge on any atom is -0.424 e. The molecule has 0 saturated carbocycles. The van der Waals surface area contributed by atoms with Gasteiger partial charge in [-0.25, -0.2) is 24.6 Å². The van der Waals surface area contributed by atoms with E-state index >= 15 is 0 Å². The molecule has 1 aromatic carbocycles. The molecular weight excluding hydrogens is 640 g/mol. The quantitative estimate of drug-likeness (QED) is 0.120. The Morgan fingerprint density at radius 1 is 0.960 bits per heavy atom. The summed E-state index contributed by atoms with van der Waals surface area (Å²) in [5, 5.41) is 8.31. The van der Waals surface area contributed by atoms with Crippen LogP contribution in [0.2, 0.25) is 0 Å². The number of oxazole rings is 1. The first kappa shape index (κ1) is 34.6. The van der Waals surface area contributed by atoms with Crippen molar-refractivity contribution in [1.82, 2.24) is 44.9 Å². The summed E-state index contributed by atoms with van der Waals surface area (Å²) in [5.41, 5.74) is 15.7. The molecule has 50 heavy (non-hydrogen) atoms. The van der Waals surface area contributed by atoms with Gasteiger partial charge in [0.2, 0.25) is 5.95 Å². The third-order valence-electron chi connectivity index (χ3n) is 8.71. The number of ketones is 1. The zero-order chi connectivity index (χ0) is 34.9. The molecule has 5 heterocycles. The Hall–Kier alpha value is -5.22. The number of carbonyl (C=O) groups is 2. The van der Waals surface area contributed by atoms with Gasteiger partial charge in [0.1, 0.15) is 29.1 Å². The first-order chi connectivity index (χ1) is 24.4. The van der Waals surface area contributed by atoms with Crippen LogP contribution < -0.4 is 21.7 Å². The molecule has 0 atom stereocenters. The lowest BCUT2D eigenvalue weighted by Gasteiger charge is -2.34. The number of hydrogen-bond donors (Lipinski definition) is 3. The molecule has 0 spiro atoms. The van der Waals surface area contributed by atoms with Crippen LogP contribution in [0.15, 0.2) is 41.3 Å². The summed E-state index contributed by atoms with van der Waals surface area (Å²) in [5.74, 6) is 0.891. The number of rotatable bonds is 17. The monoisotopic (exact) mass is 684 g/mol. The normalized spacial score (nSPS) is 13.7. The van der Waals surface area contributed by atoms with Crippen molar-refractivity contribution in [2.75, 3.05) is 68.8 Å². The van der Waals surface area contributed by atoms with E-state index in [1.54, 1.807) is 18.5 Å². The Balaban J connectivity index is 0.861.